The summed E-state index contributed by atoms with van der Waals surface area (Å²) in [5.74, 6) is 0.872. The molecule has 1 aromatic rings. The lowest BCUT2D eigenvalue weighted by Gasteiger charge is -2.42. The van der Waals surface area contributed by atoms with Crippen molar-refractivity contribution in [3.05, 3.63) is 39.9 Å². The van der Waals surface area contributed by atoms with E-state index in [1.807, 2.05) is 6.07 Å². The highest BCUT2D eigenvalue weighted by atomic mass is 16.6. The van der Waals surface area contributed by atoms with Gasteiger partial charge >= 0.3 is 0 Å². The Morgan fingerprint density at radius 3 is 2.70 bits per heavy atom. The molecule has 0 aromatic heterocycles. The molecule has 3 rings (SSSR count). The Labute approximate surface area is 138 Å². The van der Waals surface area contributed by atoms with Gasteiger partial charge in [-0.1, -0.05) is 31.9 Å². The van der Waals surface area contributed by atoms with Crippen molar-refractivity contribution >= 4 is 5.69 Å². The molecular formula is C18H27N3O2. The maximum absolute atomic E-state index is 10.9. The molecule has 1 aliphatic carbocycles. The van der Waals surface area contributed by atoms with E-state index < -0.39 is 0 Å². The second-order valence-electron chi connectivity index (χ2n) is 7.16. The zero-order valence-electron chi connectivity index (χ0n) is 14.0. The number of rotatable bonds is 4. The fourth-order valence-corrected chi connectivity index (χ4v) is 4.05. The number of benzene rings is 1. The topological polar surface area (TPSA) is 49.6 Å². The SMILES string of the molecule is C[C@@H]1CCC[C@@H](N2CCN(Cc3cccc([N+](=O)[O-])c3)CC2)C1. The molecule has 1 saturated carbocycles. The molecule has 5 heteroatoms. The van der Waals surface area contributed by atoms with Gasteiger partial charge in [-0.25, -0.2) is 0 Å². The molecule has 1 heterocycles. The van der Waals surface area contributed by atoms with Gasteiger partial charge in [-0.05, 0) is 24.3 Å². The lowest BCUT2D eigenvalue weighted by Crippen LogP contribution is -2.50. The van der Waals surface area contributed by atoms with Gasteiger partial charge in [0.1, 0.15) is 0 Å². The van der Waals surface area contributed by atoms with E-state index in [4.69, 9.17) is 0 Å². The second-order valence-corrected chi connectivity index (χ2v) is 7.16. The van der Waals surface area contributed by atoms with Crippen LogP contribution in [0.1, 0.15) is 38.2 Å². The molecule has 0 amide bonds. The van der Waals surface area contributed by atoms with Crippen molar-refractivity contribution in [2.75, 3.05) is 26.2 Å². The van der Waals surface area contributed by atoms with Gasteiger partial charge in [-0.3, -0.25) is 19.9 Å². The summed E-state index contributed by atoms with van der Waals surface area (Å²) in [7, 11) is 0. The van der Waals surface area contributed by atoms with Crippen molar-refractivity contribution in [1.82, 2.24) is 9.80 Å². The summed E-state index contributed by atoms with van der Waals surface area (Å²) in [4.78, 5) is 15.6. The predicted molar refractivity (Wildman–Crippen MR) is 91.4 cm³/mol. The Kier molecular flexibility index (Phi) is 5.28. The zero-order chi connectivity index (χ0) is 16.2. The Morgan fingerprint density at radius 1 is 1.22 bits per heavy atom. The highest BCUT2D eigenvalue weighted by Gasteiger charge is 2.27. The first-order valence-electron chi connectivity index (χ1n) is 8.81. The van der Waals surface area contributed by atoms with Gasteiger partial charge in [-0.15, -0.1) is 0 Å². The normalized spacial score (nSPS) is 27.0. The van der Waals surface area contributed by atoms with Crippen LogP contribution >= 0.6 is 0 Å². The van der Waals surface area contributed by atoms with Gasteiger partial charge in [0.05, 0.1) is 4.92 Å². The monoisotopic (exact) mass is 317 g/mol. The number of nitrogens with zero attached hydrogens (tertiary/aromatic N) is 3. The fourth-order valence-electron chi connectivity index (χ4n) is 4.05. The van der Waals surface area contributed by atoms with Crippen molar-refractivity contribution in [1.29, 1.82) is 0 Å². The van der Waals surface area contributed by atoms with Crippen LogP contribution in [0.25, 0.3) is 0 Å². The van der Waals surface area contributed by atoms with Crippen molar-refractivity contribution < 1.29 is 4.92 Å². The van der Waals surface area contributed by atoms with Crippen LogP contribution in [-0.4, -0.2) is 46.9 Å². The quantitative estimate of drug-likeness (QED) is 0.631. The molecule has 5 nitrogen and oxygen atoms in total. The van der Waals surface area contributed by atoms with Gasteiger partial charge in [0.15, 0.2) is 0 Å². The number of piperazine rings is 1. The molecule has 1 saturated heterocycles. The summed E-state index contributed by atoms with van der Waals surface area (Å²) in [6, 6.07) is 7.81. The first kappa shape index (κ1) is 16.4. The highest BCUT2D eigenvalue weighted by Crippen LogP contribution is 2.28. The van der Waals surface area contributed by atoms with Crippen LogP contribution in [0.15, 0.2) is 24.3 Å². The van der Waals surface area contributed by atoms with E-state index in [0.717, 1.165) is 50.2 Å². The van der Waals surface area contributed by atoms with Crippen molar-refractivity contribution in [3.63, 3.8) is 0 Å². The van der Waals surface area contributed by atoms with Crippen LogP contribution in [0.5, 0.6) is 0 Å². The third-order valence-corrected chi connectivity index (χ3v) is 5.36. The molecule has 0 spiro atoms. The molecule has 0 bridgehead atoms. The summed E-state index contributed by atoms with van der Waals surface area (Å²) >= 11 is 0. The number of non-ortho nitro benzene ring substituents is 1. The molecule has 0 radical (unpaired) electrons. The second kappa shape index (κ2) is 7.41. The van der Waals surface area contributed by atoms with Crippen molar-refractivity contribution in [2.24, 2.45) is 5.92 Å². The average Bonchev–Trinajstić information content (AvgIpc) is 2.56. The van der Waals surface area contributed by atoms with Crippen LogP contribution in [0.3, 0.4) is 0 Å². The van der Waals surface area contributed by atoms with Crippen molar-refractivity contribution in [2.45, 2.75) is 45.2 Å². The molecule has 2 atom stereocenters. The Hall–Kier alpha value is -1.46. The van der Waals surface area contributed by atoms with Crippen LogP contribution < -0.4 is 0 Å². The Morgan fingerprint density at radius 2 is 2.00 bits per heavy atom. The van der Waals surface area contributed by atoms with Gasteiger partial charge < -0.3 is 0 Å². The number of hydrogen-bond acceptors (Lipinski definition) is 4. The van der Waals surface area contributed by atoms with Crippen LogP contribution in [0.4, 0.5) is 5.69 Å². The largest absolute Gasteiger partial charge is 0.298 e. The first-order chi connectivity index (χ1) is 11.1. The van der Waals surface area contributed by atoms with E-state index >= 15 is 0 Å². The first-order valence-corrected chi connectivity index (χ1v) is 8.81. The maximum atomic E-state index is 10.9. The molecule has 2 aliphatic rings. The number of nitro groups is 1. The molecule has 0 unspecified atom stereocenters. The lowest BCUT2D eigenvalue weighted by atomic mass is 9.86. The van der Waals surface area contributed by atoms with Gasteiger partial charge in [-0.2, -0.15) is 0 Å². The summed E-state index contributed by atoms with van der Waals surface area (Å²) in [6.45, 7) is 7.58. The third-order valence-electron chi connectivity index (χ3n) is 5.36. The minimum absolute atomic E-state index is 0.192. The highest BCUT2D eigenvalue weighted by molar-refractivity contribution is 5.34. The minimum atomic E-state index is -0.314. The fraction of sp³-hybridized carbons (Fsp3) is 0.667. The van der Waals surface area contributed by atoms with Crippen molar-refractivity contribution in [3.8, 4) is 0 Å². The third kappa shape index (κ3) is 4.30. The minimum Gasteiger partial charge on any atom is -0.298 e. The predicted octanol–water partition coefficient (Wildman–Crippen LogP) is 3.29. The molecule has 2 fully saturated rings. The van der Waals surface area contributed by atoms with Crippen LogP contribution in [0.2, 0.25) is 0 Å². The molecule has 1 aromatic carbocycles. The standard InChI is InChI=1S/C18H27N3O2/c1-15-4-2-6-17(12-15)20-10-8-19(9-11-20)14-16-5-3-7-18(13-16)21(22)23/h3,5,7,13,15,17H,2,4,6,8-12,14H2,1H3/t15-,17-/m1/s1. The summed E-state index contributed by atoms with van der Waals surface area (Å²) in [5, 5.41) is 10.9. The molecule has 23 heavy (non-hydrogen) atoms. The van der Waals surface area contributed by atoms with E-state index in [1.54, 1.807) is 18.2 Å². The average molecular weight is 317 g/mol. The van der Waals surface area contributed by atoms with E-state index in [-0.39, 0.29) is 10.6 Å². The summed E-state index contributed by atoms with van der Waals surface area (Å²) in [6.07, 6.45) is 5.48. The Balaban J connectivity index is 1.51. The Bertz CT molecular complexity index is 541. The number of hydrogen-bond donors (Lipinski definition) is 0. The smallest absolute Gasteiger partial charge is 0.269 e. The van der Waals surface area contributed by atoms with Crippen LogP contribution in [-0.2, 0) is 6.54 Å². The van der Waals surface area contributed by atoms with Gasteiger partial charge in [0.25, 0.3) is 5.69 Å². The summed E-state index contributed by atoms with van der Waals surface area (Å²) in [5.41, 5.74) is 1.23. The van der Waals surface area contributed by atoms with E-state index in [1.165, 1.54) is 25.7 Å². The molecule has 126 valence electrons. The zero-order valence-corrected chi connectivity index (χ0v) is 14.0. The van der Waals surface area contributed by atoms with Gasteiger partial charge in [0, 0.05) is 50.9 Å². The van der Waals surface area contributed by atoms with Crippen LogP contribution in [0, 0.1) is 16.0 Å². The maximum Gasteiger partial charge on any atom is 0.269 e. The van der Waals surface area contributed by atoms with Gasteiger partial charge in [0.2, 0.25) is 0 Å². The van der Waals surface area contributed by atoms with E-state index in [0.29, 0.717) is 0 Å². The molecular weight excluding hydrogens is 290 g/mol. The number of nitro benzene ring substituents is 1. The van der Waals surface area contributed by atoms with E-state index in [9.17, 15) is 10.1 Å². The molecule has 0 N–H and O–H groups in total. The molecule has 1 aliphatic heterocycles. The van der Waals surface area contributed by atoms with E-state index in [2.05, 4.69) is 16.7 Å². The lowest BCUT2D eigenvalue weighted by molar-refractivity contribution is -0.384. The summed E-state index contributed by atoms with van der Waals surface area (Å²) < 4.78 is 0.